The van der Waals surface area contributed by atoms with E-state index < -0.39 is 47.4 Å². The highest BCUT2D eigenvalue weighted by atomic mass is 16.7. The van der Waals surface area contributed by atoms with E-state index >= 15 is 0 Å². The molecule has 4 fully saturated rings. The molecule has 3 heterocycles. The average molecular weight is 461 g/mol. The summed E-state index contributed by atoms with van der Waals surface area (Å²) in [4.78, 5) is 38.2. The lowest BCUT2D eigenvalue weighted by Crippen LogP contribution is -2.41. The molecule has 0 spiro atoms. The van der Waals surface area contributed by atoms with Crippen LogP contribution in [0.1, 0.15) is 54.4 Å². The quantitative estimate of drug-likeness (QED) is 0.203. The third-order valence-corrected chi connectivity index (χ3v) is 8.48. The van der Waals surface area contributed by atoms with E-state index in [0.29, 0.717) is 18.4 Å². The summed E-state index contributed by atoms with van der Waals surface area (Å²) in [5.41, 5.74) is 0.578. The van der Waals surface area contributed by atoms with Crippen LogP contribution in [0.2, 0.25) is 0 Å². The molecule has 0 aromatic heterocycles. The molecule has 0 N–H and O–H groups in total. The Morgan fingerprint density at radius 1 is 1.24 bits per heavy atom. The van der Waals surface area contributed by atoms with E-state index in [1.165, 1.54) is 0 Å². The van der Waals surface area contributed by atoms with Crippen LogP contribution in [0.3, 0.4) is 0 Å². The SMILES string of the molecule is C=C1C(=O)O[C@H]2[C@H]1[C@H](OC(=O)[C@]1(C)O[C@H]1C)CC(C)=C1[C@@H](OC(=O)[C@H](C)CC)[C@H]3O[C@@]3(C)[C@@H]12. The maximum absolute atomic E-state index is 12.9. The van der Waals surface area contributed by atoms with Gasteiger partial charge in [0.15, 0.2) is 11.7 Å². The van der Waals surface area contributed by atoms with Gasteiger partial charge < -0.3 is 23.7 Å². The third-order valence-electron chi connectivity index (χ3n) is 8.48. The lowest BCUT2D eigenvalue weighted by atomic mass is 9.80. The number of hydrogen-bond acceptors (Lipinski definition) is 8. The zero-order chi connectivity index (χ0) is 24.0. The smallest absolute Gasteiger partial charge is 0.341 e. The average Bonchev–Trinajstić information content (AvgIpc) is 3.56. The van der Waals surface area contributed by atoms with Crippen molar-refractivity contribution < 1.29 is 38.1 Å². The van der Waals surface area contributed by atoms with Crippen molar-refractivity contribution in [2.75, 3.05) is 0 Å². The second kappa shape index (κ2) is 7.15. The molecular formula is C25H32O8. The molecule has 8 nitrogen and oxygen atoms in total. The van der Waals surface area contributed by atoms with Gasteiger partial charge in [0.05, 0.1) is 23.9 Å². The summed E-state index contributed by atoms with van der Waals surface area (Å²) in [6, 6.07) is 0. The van der Waals surface area contributed by atoms with E-state index in [2.05, 4.69) is 6.58 Å². The maximum atomic E-state index is 12.9. The van der Waals surface area contributed by atoms with Crippen molar-refractivity contribution in [2.24, 2.45) is 17.8 Å². The summed E-state index contributed by atoms with van der Waals surface area (Å²) in [6.07, 6.45) is -1.24. The zero-order valence-electron chi connectivity index (χ0n) is 20.0. The number of esters is 3. The number of carbonyl (C=O) groups excluding carboxylic acids is 3. The summed E-state index contributed by atoms with van der Waals surface area (Å²) in [5.74, 6) is -2.27. The number of hydrogen-bond donors (Lipinski definition) is 0. The Bertz CT molecular complexity index is 983. The first kappa shape index (κ1) is 22.6. The number of rotatable bonds is 5. The van der Waals surface area contributed by atoms with Gasteiger partial charge in [-0.25, -0.2) is 9.59 Å². The minimum atomic E-state index is -0.978. The fourth-order valence-electron chi connectivity index (χ4n) is 5.83. The van der Waals surface area contributed by atoms with Gasteiger partial charge in [-0.05, 0) is 39.7 Å². The lowest BCUT2D eigenvalue weighted by molar-refractivity contribution is -0.159. The molecular weight excluding hydrogens is 428 g/mol. The van der Waals surface area contributed by atoms with Crippen molar-refractivity contribution in [3.8, 4) is 0 Å². The molecule has 0 unspecified atom stereocenters. The van der Waals surface area contributed by atoms with Gasteiger partial charge in [-0.2, -0.15) is 0 Å². The molecule has 0 aromatic rings. The highest BCUT2D eigenvalue weighted by molar-refractivity contribution is 5.91. The molecule has 3 saturated heterocycles. The van der Waals surface area contributed by atoms with Crippen molar-refractivity contribution in [1.82, 2.24) is 0 Å². The van der Waals surface area contributed by atoms with Crippen molar-refractivity contribution in [2.45, 2.75) is 96.1 Å². The van der Waals surface area contributed by atoms with Crippen LogP contribution in [0.4, 0.5) is 0 Å². The van der Waals surface area contributed by atoms with Gasteiger partial charge in [0.1, 0.15) is 23.9 Å². The molecule has 8 heteroatoms. The van der Waals surface area contributed by atoms with E-state index in [9.17, 15) is 14.4 Å². The van der Waals surface area contributed by atoms with Crippen LogP contribution in [-0.2, 0) is 38.1 Å². The van der Waals surface area contributed by atoms with Crippen molar-refractivity contribution in [1.29, 1.82) is 0 Å². The van der Waals surface area contributed by atoms with E-state index in [1.807, 2.05) is 34.6 Å². The Balaban J connectivity index is 1.51. The van der Waals surface area contributed by atoms with Crippen LogP contribution in [0.15, 0.2) is 23.3 Å². The standard InChI is InChI=1S/C25H32O8/c1-8-10(2)21(26)31-19-15-11(3)9-14(29-23(28)24(6)13(5)32-24)16-12(4)22(27)30-18(16)17(15)25(7)20(19)33-25/h10,13-14,16-20H,4,8-9H2,1-3,5-7H3/t10-,13+,14-,16-,17+,18+,19-,20-,24-,25+/m1/s1. The molecule has 2 aliphatic carbocycles. The van der Waals surface area contributed by atoms with E-state index in [4.69, 9.17) is 23.7 Å². The highest BCUT2D eigenvalue weighted by Gasteiger charge is 2.75. The van der Waals surface area contributed by atoms with Crippen molar-refractivity contribution in [3.05, 3.63) is 23.3 Å². The second-order valence-electron chi connectivity index (χ2n) is 10.5. The first-order valence-corrected chi connectivity index (χ1v) is 11.8. The van der Waals surface area contributed by atoms with Gasteiger partial charge in [0, 0.05) is 12.0 Å². The predicted octanol–water partition coefficient (Wildman–Crippen LogP) is 2.64. The monoisotopic (exact) mass is 460 g/mol. The van der Waals surface area contributed by atoms with E-state index in [0.717, 1.165) is 11.1 Å². The van der Waals surface area contributed by atoms with Crippen molar-refractivity contribution >= 4 is 17.9 Å². The first-order chi connectivity index (χ1) is 15.4. The van der Waals surface area contributed by atoms with Gasteiger partial charge in [-0.1, -0.05) is 26.0 Å². The van der Waals surface area contributed by atoms with Gasteiger partial charge in [-0.3, -0.25) is 4.79 Å². The molecule has 180 valence electrons. The lowest BCUT2D eigenvalue weighted by Gasteiger charge is -2.30. The first-order valence-electron chi connectivity index (χ1n) is 11.8. The second-order valence-corrected chi connectivity index (χ2v) is 10.5. The minimum absolute atomic E-state index is 0.223. The van der Waals surface area contributed by atoms with Gasteiger partial charge in [0.25, 0.3) is 0 Å². The summed E-state index contributed by atoms with van der Waals surface area (Å²) in [7, 11) is 0. The van der Waals surface area contributed by atoms with Gasteiger partial charge >= 0.3 is 17.9 Å². The number of fused-ring (bicyclic) bond motifs is 5. The predicted molar refractivity (Wildman–Crippen MR) is 115 cm³/mol. The summed E-state index contributed by atoms with van der Waals surface area (Å²) in [5, 5.41) is 0. The van der Waals surface area contributed by atoms with Crippen LogP contribution < -0.4 is 0 Å². The Hall–Kier alpha value is -2.19. The third kappa shape index (κ3) is 3.13. The topological polar surface area (TPSA) is 104 Å². The molecule has 33 heavy (non-hydrogen) atoms. The molecule has 1 saturated carbocycles. The van der Waals surface area contributed by atoms with Crippen LogP contribution in [0, 0.1) is 17.8 Å². The van der Waals surface area contributed by atoms with Crippen LogP contribution in [0.25, 0.3) is 0 Å². The molecule has 5 rings (SSSR count). The van der Waals surface area contributed by atoms with E-state index in [-0.39, 0.29) is 30.0 Å². The summed E-state index contributed by atoms with van der Waals surface area (Å²) in [6.45, 7) is 15.2. The molecule has 5 aliphatic rings. The molecule has 3 aliphatic heterocycles. The highest BCUT2D eigenvalue weighted by Crippen LogP contribution is 2.63. The van der Waals surface area contributed by atoms with Crippen LogP contribution >= 0.6 is 0 Å². The summed E-state index contributed by atoms with van der Waals surface area (Å²) >= 11 is 0. The largest absolute Gasteiger partial charge is 0.459 e. The minimum Gasteiger partial charge on any atom is -0.459 e. The van der Waals surface area contributed by atoms with Crippen LogP contribution in [-0.4, -0.2) is 59.6 Å². The fourth-order valence-corrected chi connectivity index (χ4v) is 5.83. The Morgan fingerprint density at radius 2 is 1.91 bits per heavy atom. The number of ether oxygens (including phenoxy) is 5. The molecule has 10 atom stereocenters. The number of carbonyl (C=O) groups is 3. The molecule has 0 amide bonds. The fraction of sp³-hybridized carbons (Fsp3) is 0.720. The number of epoxide rings is 2. The molecule has 0 aromatic carbocycles. The zero-order valence-corrected chi connectivity index (χ0v) is 20.0. The van der Waals surface area contributed by atoms with E-state index in [1.54, 1.807) is 6.92 Å². The van der Waals surface area contributed by atoms with Crippen molar-refractivity contribution in [3.63, 3.8) is 0 Å². The molecule has 0 bridgehead atoms. The summed E-state index contributed by atoms with van der Waals surface area (Å²) < 4.78 is 29.2. The Labute approximate surface area is 193 Å². The Kier molecular flexibility index (Phi) is 4.90. The normalized spacial score (nSPS) is 45.9. The van der Waals surface area contributed by atoms with Crippen LogP contribution in [0.5, 0.6) is 0 Å². The maximum Gasteiger partial charge on any atom is 0.341 e. The van der Waals surface area contributed by atoms with Gasteiger partial charge in [0.2, 0.25) is 0 Å². The van der Waals surface area contributed by atoms with Gasteiger partial charge in [-0.15, -0.1) is 0 Å². The molecule has 0 radical (unpaired) electrons. The Morgan fingerprint density at radius 3 is 2.52 bits per heavy atom.